The highest BCUT2D eigenvalue weighted by molar-refractivity contribution is 5.71. The molecule has 0 bridgehead atoms. The van der Waals surface area contributed by atoms with E-state index in [0.29, 0.717) is 17.4 Å². The van der Waals surface area contributed by atoms with Gasteiger partial charge in [0.2, 0.25) is 0 Å². The van der Waals surface area contributed by atoms with Crippen LogP contribution < -0.4 is 0 Å². The van der Waals surface area contributed by atoms with Crippen LogP contribution in [0.15, 0.2) is 109 Å². The Morgan fingerprint density at radius 1 is 0.492 bits per heavy atom. The van der Waals surface area contributed by atoms with Gasteiger partial charge in [0.25, 0.3) is 6.29 Å². The van der Waals surface area contributed by atoms with E-state index in [0.717, 1.165) is 109 Å². The first-order valence-electron chi connectivity index (χ1n) is 24.1. The van der Waals surface area contributed by atoms with Crippen LogP contribution in [0.5, 0.6) is 0 Å². The highest BCUT2D eigenvalue weighted by Gasteiger charge is 2.25. The molecule has 0 rings (SSSR count). The number of aliphatic carboxylic acids is 1. The Morgan fingerprint density at radius 3 is 1.40 bits per heavy atom. The Labute approximate surface area is 384 Å². The van der Waals surface area contributed by atoms with Gasteiger partial charge in [-0.05, 0) is 96.3 Å². The first kappa shape index (κ1) is 58.9. The lowest BCUT2D eigenvalue weighted by Gasteiger charge is -2.25. The molecule has 0 saturated heterocycles. The zero-order valence-electron chi connectivity index (χ0n) is 40.2. The van der Waals surface area contributed by atoms with Crippen molar-refractivity contribution in [3.8, 4) is 0 Å². The van der Waals surface area contributed by atoms with Crippen LogP contribution in [-0.2, 0) is 33.3 Å². The van der Waals surface area contributed by atoms with E-state index in [1.165, 1.54) is 12.8 Å². The van der Waals surface area contributed by atoms with Gasteiger partial charge in [0.05, 0.1) is 34.4 Å². The molecule has 0 heterocycles. The molecule has 2 unspecified atom stereocenters. The van der Waals surface area contributed by atoms with Crippen LogP contribution in [0, 0.1) is 0 Å². The Morgan fingerprint density at radius 2 is 0.905 bits per heavy atom. The summed E-state index contributed by atoms with van der Waals surface area (Å²) < 4.78 is 22.6. The van der Waals surface area contributed by atoms with Gasteiger partial charge in [-0.15, -0.1) is 0 Å². The molecule has 1 N–H and O–H groups in total. The number of hydrogen-bond donors (Lipinski definition) is 1. The van der Waals surface area contributed by atoms with E-state index in [-0.39, 0.29) is 38.6 Å². The smallest absolute Gasteiger partial charge is 0.361 e. The van der Waals surface area contributed by atoms with Crippen molar-refractivity contribution in [1.29, 1.82) is 0 Å². The van der Waals surface area contributed by atoms with E-state index < -0.39 is 24.3 Å². The fourth-order valence-electron chi connectivity index (χ4n) is 5.77. The molecule has 0 fully saturated rings. The molecule has 63 heavy (non-hydrogen) atoms. The maximum absolute atomic E-state index is 12.8. The summed E-state index contributed by atoms with van der Waals surface area (Å²) in [5, 5.41) is 9.64. The summed E-state index contributed by atoms with van der Waals surface area (Å²) in [5.41, 5.74) is 0. The predicted molar refractivity (Wildman–Crippen MR) is 262 cm³/mol. The van der Waals surface area contributed by atoms with Gasteiger partial charge in [0, 0.05) is 12.8 Å². The van der Waals surface area contributed by atoms with Crippen LogP contribution >= 0.6 is 0 Å². The molecule has 0 radical (unpaired) electrons. The first-order valence-corrected chi connectivity index (χ1v) is 24.1. The van der Waals surface area contributed by atoms with Gasteiger partial charge in [-0.2, -0.15) is 0 Å². The number of esters is 2. The monoisotopic (exact) mass is 879 g/mol. The predicted octanol–water partition coefficient (Wildman–Crippen LogP) is 13.2. The summed E-state index contributed by atoms with van der Waals surface area (Å²) in [4.78, 5) is 37.1. The molecule has 0 aromatic carbocycles. The van der Waals surface area contributed by atoms with Crippen LogP contribution in [0.4, 0.5) is 0 Å². The molecule has 0 aromatic rings. The number of hydrogen-bond acceptors (Lipinski definition) is 7. The fourth-order valence-corrected chi connectivity index (χ4v) is 5.77. The Hall–Kier alpha value is -4.05. The number of unbranched alkanes of at least 4 members (excludes halogenated alkanes) is 9. The average molecular weight is 879 g/mol. The molecule has 0 aromatic heterocycles. The molecular formula is C54H88NO8+. The van der Waals surface area contributed by atoms with Crippen molar-refractivity contribution >= 4 is 17.9 Å². The summed E-state index contributed by atoms with van der Waals surface area (Å²) in [5.74, 6) is -2.10. The number of likely N-dealkylation sites (N-methyl/N-ethyl adjacent to an activating group) is 1. The SMILES string of the molecule is CC/C=C\C/C=C\C/C=C\C/C=C\C/C=C\C/C=C\C/C=C\C/C=C\CCCCC(=O)OC(COC(=O)CCCCCCC/C=C\CCCC)COC(OCC[N+](C)(C)C)C(=O)O. The molecule has 0 amide bonds. The third kappa shape index (κ3) is 45.8. The third-order valence-electron chi connectivity index (χ3n) is 9.51. The maximum Gasteiger partial charge on any atom is 0.361 e. The second-order valence-electron chi connectivity index (χ2n) is 16.7. The summed E-state index contributed by atoms with van der Waals surface area (Å²) in [6.07, 6.45) is 57.3. The Balaban J connectivity index is 4.46. The van der Waals surface area contributed by atoms with Crippen LogP contribution in [0.3, 0.4) is 0 Å². The number of carbonyl (C=O) groups excluding carboxylic acids is 2. The van der Waals surface area contributed by atoms with Gasteiger partial charge in [0.15, 0.2) is 6.10 Å². The number of carbonyl (C=O) groups is 3. The quantitative estimate of drug-likeness (QED) is 0.0212. The number of allylic oxidation sites excluding steroid dienone is 18. The zero-order chi connectivity index (χ0) is 46.3. The van der Waals surface area contributed by atoms with Crippen molar-refractivity contribution in [2.24, 2.45) is 0 Å². The van der Waals surface area contributed by atoms with Gasteiger partial charge in [0.1, 0.15) is 13.2 Å². The third-order valence-corrected chi connectivity index (χ3v) is 9.51. The lowest BCUT2D eigenvalue weighted by Crippen LogP contribution is -2.40. The van der Waals surface area contributed by atoms with Crippen molar-refractivity contribution in [3.05, 3.63) is 109 Å². The fraction of sp³-hybridized carbons (Fsp3) is 0.611. The number of carboxylic acid groups (broad SMARTS) is 1. The van der Waals surface area contributed by atoms with E-state index in [2.05, 4.69) is 123 Å². The van der Waals surface area contributed by atoms with Crippen LogP contribution in [0.25, 0.3) is 0 Å². The second-order valence-corrected chi connectivity index (χ2v) is 16.7. The van der Waals surface area contributed by atoms with Crippen LogP contribution in [0.1, 0.15) is 155 Å². The summed E-state index contributed by atoms with van der Waals surface area (Å²) in [7, 11) is 5.92. The molecular weight excluding hydrogens is 791 g/mol. The first-order chi connectivity index (χ1) is 30.6. The minimum Gasteiger partial charge on any atom is -0.477 e. The lowest BCUT2D eigenvalue weighted by molar-refractivity contribution is -0.870. The van der Waals surface area contributed by atoms with Gasteiger partial charge in [-0.3, -0.25) is 9.59 Å². The molecule has 0 aliphatic rings. The Bertz CT molecular complexity index is 1390. The topological polar surface area (TPSA) is 108 Å². The molecule has 0 aliphatic heterocycles. The van der Waals surface area contributed by atoms with Crippen molar-refractivity contribution < 1.29 is 42.9 Å². The number of ether oxygens (including phenoxy) is 4. The van der Waals surface area contributed by atoms with Crippen molar-refractivity contribution in [2.45, 2.75) is 167 Å². The summed E-state index contributed by atoms with van der Waals surface area (Å²) in [6.45, 7) is 4.62. The van der Waals surface area contributed by atoms with E-state index >= 15 is 0 Å². The zero-order valence-corrected chi connectivity index (χ0v) is 40.2. The molecule has 356 valence electrons. The molecule has 0 spiro atoms. The normalized spacial score (nSPS) is 13.9. The van der Waals surface area contributed by atoms with Gasteiger partial charge in [-0.1, -0.05) is 155 Å². The highest BCUT2D eigenvalue weighted by atomic mass is 16.7. The van der Waals surface area contributed by atoms with Gasteiger partial charge in [-0.25, -0.2) is 4.79 Å². The summed E-state index contributed by atoms with van der Waals surface area (Å²) in [6, 6.07) is 0. The largest absolute Gasteiger partial charge is 0.477 e. The standard InChI is InChI=1S/C54H87NO8/c1-6-8-10-12-14-16-18-19-20-21-22-23-24-25-26-27-28-29-30-31-32-33-35-37-39-41-43-45-52(57)63-50(49-62-54(53(58)59)60-47-46-55(3,4)5)48-61-51(56)44-42-40-38-36-34-17-15-13-11-9-7-2/h8,10,13-16,19-20,22-23,25-26,28-29,31-32,35,37,50,54H,6-7,9,11-12,17-18,21,24,27,30,33-34,36,38-49H2,1-5H3/p+1/b10-8-,15-13-,16-14-,20-19-,23-22-,26-25-,29-28-,32-31-,37-35-. The van der Waals surface area contributed by atoms with Gasteiger partial charge < -0.3 is 28.5 Å². The van der Waals surface area contributed by atoms with Crippen LogP contribution in [-0.4, -0.2) is 87.4 Å². The highest BCUT2D eigenvalue weighted by Crippen LogP contribution is 2.11. The minimum atomic E-state index is -1.53. The van der Waals surface area contributed by atoms with Crippen LogP contribution in [0.2, 0.25) is 0 Å². The lowest BCUT2D eigenvalue weighted by atomic mass is 10.1. The molecule has 2 atom stereocenters. The molecule has 0 saturated carbocycles. The van der Waals surface area contributed by atoms with Crippen molar-refractivity contribution in [1.82, 2.24) is 0 Å². The van der Waals surface area contributed by atoms with E-state index in [1.54, 1.807) is 0 Å². The Kier molecular flexibility index (Phi) is 41.7. The minimum absolute atomic E-state index is 0.171. The second kappa shape index (κ2) is 44.6. The van der Waals surface area contributed by atoms with E-state index in [4.69, 9.17) is 18.9 Å². The number of nitrogens with zero attached hydrogens (tertiary/aromatic N) is 1. The van der Waals surface area contributed by atoms with Crippen molar-refractivity contribution in [3.63, 3.8) is 0 Å². The van der Waals surface area contributed by atoms with Gasteiger partial charge >= 0.3 is 17.9 Å². The molecule has 0 aliphatic carbocycles. The van der Waals surface area contributed by atoms with E-state index in [1.807, 2.05) is 21.1 Å². The summed E-state index contributed by atoms with van der Waals surface area (Å²) >= 11 is 0. The molecule has 9 heteroatoms. The maximum atomic E-state index is 12.8. The van der Waals surface area contributed by atoms with E-state index in [9.17, 15) is 19.5 Å². The number of carboxylic acids is 1. The number of quaternary nitrogens is 1. The van der Waals surface area contributed by atoms with Crippen molar-refractivity contribution in [2.75, 3.05) is 47.5 Å². The number of rotatable bonds is 42. The molecule has 9 nitrogen and oxygen atoms in total. The average Bonchev–Trinajstić information content (AvgIpc) is 3.24.